The molecule has 0 unspecified atom stereocenters. The second-order valence-corrected chi connectivity index (χ2v) is 5.51. The van der Waals surface area contributed by atoms with Crippen molar-refractivity contribution in [3.63, 3.8) is 0 Å². The van der Waals surface area contributed by atoms with Gasteiger partial charge in [-0.2, -0.15) is 4.99 Å². The zero-order valence-electron chi connectivity index (χ0n) is 13.2. The summed E-state index contributed by atoms with van der Waals surface area (Å²) in [6.45, 7) is 2.98. The largest absolute Gasteiger partial charge is 0.370 e. The van der Waals surface area contributed by atoms with Gasteiger partial charge in [0.2, 0.25) is 5.13 Å². The minimum Gasteiger partial charge on any atom is -0.370 e. The Morgan fingerprint density at radius 3 is 2.75 bits per heavy atom. The number of aliphatic imine (C=N–C) groups is 1. The standard InChI is InChI=1S/C14H19N7OS.ClH/c1-2-6-17-13(22)18-7-9-4-3-5-10(19-9)11-8-23-14(20-11)21-12(15)16;/h3-5,8H,2,6-7H2,1H3,(H2,17,18,22)(H4,15,16,20,21);1H. The monoisotopic (exact) mass is 369 g/mol. The lowest BCUT2D eigenvalue weighted by Gasteiger charge is -2.07. The first-order valence-corrected chi connectivity index (χ1v) is 7.99. The first-order valence-electron chi connectivity index (χ1n) is 7.11. The topological polar surface area (TPSA) is 131 Å². The average molecular weight is 370 g/mol. The number of carbonyl (C=O) groups is 1. The van der Waals surface area contributed by atoms with Crippen LogP contribution in [0.15, 0.2) is 28.6 Å². The third-order valence-electron chi connectivity index (χ3n) is 2.75. The highest BCUT2D eigenvalue weighted by Gasteiger charge is 2.07. The minimum absolute atomic E-state index is 0. The van der Waals surface area contributed by atoms with Gasteiger partial charge in [-0.1, -0.05) is 13.0 Å². The van der Waals surface area contributed by atoms with Gasteiger partial charge in [-0.3, -0.25) is 0 Å². The van der Waals surface area contributed by atoms with Gasteiger partial charge >= 0.3 is 6.03 Å². The molecule has 0 aliphatic carbocycles. The van der Waals surface area contributed by atoms with Crippen molar-refractivity contribution in [3.05, 3.63) is 29.3 Å². The van der Waals surface area contributed by atoms with Crippen LogP contribution >= 0.6 is 23.7 Å². The molecule has 2 aromatic heterocycles. The Balaban J connectivity index is 0.00000288. The molecule has 6 N–H and O–H groups in total. The molecule has 2 rings (SSSR count). The van der Waals surface area contributed by atoms with Crippen LogP contribution in [0.4, 0.5) is 9.93 Å². The number of urea groups is 1. The molecule has 0 aromatic carbocycles. The molecule has 2 aromatic rings. The highest BCUT2D eigenvalue weighted by atomic mass is 35.5. The van der Waals surface area contributed by atoms with Crippen LogP contribution in [0.25, 0.3) is 11.4 Å². The van der Waals surface area contributed by atoms with Crippen LogP contribution in [0.3, 0.4) is 0 Å². The van der Waals surface area contributed by atoms with Crippen molar-refractivity contribution in [2.75, 3.05) is 6.54 Å². The zero-order chi connectivity index (χ0) is 16.7. The van der Waals surface area contributed by atoms with Gasteiger partial charge < -0.3 is 22.1 Å². The van der Waals surface area contributed by atoms with Gasteiger partial charge in [-0.05, 0) is 18.6 Å². The second-order valence-electron chi connectivity index (χ2n) is 4.68. The molecular weight excluding hydrogens is 350 g/mol. The van der Waals surface area contributed by atoms with Gasteiger partial charge in [0.05, 0.1) is 17.9 Å². The molecule has 0 saturated carbocycles. The van der Waals surface area contributed by atoms with E-state index >= 15 is 0 Å². The van der Waals surface area contributed by atoms with Gasteiger partial charge in [-0.15, -0.1) is 23.7 Å². The summed E-state index contributed by atoms with van der Waals surface area (Å²) < 4.78 is 0. The molecule has 0 aliphatic rings. The number of aromatic nitrogens is 2. The third-order valence-corrected chi connectivity index (χ3v) is 3.49. The van der Waals surface area contributed by atoms with Crippen molar-refractivity contribution in [1.82, 2.24) is 20.6 Å². The van der Waals surface area contributed by atoms with E-state index in [1.807, 2.05) is 30.5 Å². The quantitative estimate of drug-likeness (QED) is 0.455. The van der Waals surface area contributed by atoms with E-state index in [-0.39, 0.29) is 24.4 Å². The molecule has 10 heteroatoms. The average Bonchev–Trinajstić information content (AvgIpc) is 2.99. The maximum Gasteiger partial charge on any atom is 0.315 e. The third kappa shape index (κ3) is 6.01. The fourth-order valence-corrected chi connectivity index (χ4v) is 2.44. The summed E-state index contributed by atoms with van der Waals surface area (Å²) in [5.74, 6) is -0.0325. The molecule has 2 heterocycles. The molecule has 2 amide bonds. The molecule has 130 valence electrons. The Morgan fingerprint density at radius 1 is 1.25 bits per heavy atom. The summed E-state index contributed by atoms with van der Waals surface area (Å²) in [5.41, 5.74) is 12.8. The fraction of sp³-hybridized carbons (Fsp3) is 0.286. The van der Waals surface area contributed by atoms with E-state index in [9.17, 15) is 4.79 Å². The van der Waals surface area contributed by atoms with E-state index in [0.29, 0.717) is 29.6 Å². The summed E-state index contributed by atoms with van der Waals surface area (Å²) in [4.78, 5) is 24.2. The SMILES string of the molecule is CCCNC(=O)NCc1cccc(-c2csc(N=C(N)N)n2)n1.Cl. The summed E-state index contributed by atoms with van der Waals surface area (Å²) in [6, 6.07) is 5.34. The molecule has 8 nitrogen and oxygen atoms in total. The highest BCUT2D eigenvalue weighted by Crippen LogP contribution is 2.25. The van der Waals surface area contributed by atoms with Crippen LogP contribution in [0.5, 0.6) is 0 Å². The molecular formula is C14H20ClN7OS. The number of hydrogen-bond donors (Lipinski definition) is 4. The number of rotatable bonds is 6. The maximum atomic E-state index is 11.5. The number of nitrogens with one attached hydrogen (secondary N) is 2. The number of nitrogens with zero attached hydrogens (tertiary/aromatic N) is 3. The molecule has 0 spiro atoms. The summed E-state index contributed by atoms with van der Waals surface area (Å²) in [6.07, 6.45) is 0.892. The van der Waals surface area contributed by atoms with Crippen LogP contribution in [-0.2, 0) is 6.54 Å². The molecule has 0 radical (unpaired) electrons. The van der Waals surface area contributed by atoms with Crippen molar-refractivity contribution in [2.24, 2.45) is 16.5 Å². The Kier molecular flexibility index (Phi) is 7.93. The Labute approximate surface area is 150 Å². The molecule has 0 saturated heterocycles. The lowest BCUT2D eigenvalue weighted by molar-refractivity contribution is 0.240. The van der Waals surface area contributed by atoms with E-state index in [0.717, 1.165) is 12.1 Å². The van der Waals surface area contributed by atoms with Gasteiger partial charge in [0.25, 0.3) is 0 Å². The Bertz CT molecular complexity index is 700. The van der Waals surface area contributed by atoms with E-state index in [1.165, 1.54) is 11.3 Å². The number of guanidine groups is 1. The number of pyridine rings is 1. The van der Waals surface area contributed by atoms with E-state index in [2.05, 4.69) is 25.6 Å². The predicted octanol–water partition coefficient (Wildman–Crippen LogP) is 1.74. The van der Waals surface area contributed by atoms with Crippen LogP contribution in [0, 0.1) is 0 Å². The second kappa shape index (κ2) is 9.68. The zero-order valence-corrected chi connectivity index (χ0v) is 14.8. The van der Waals surface area contributed by atoms with Crippen molar-refractivity contribution in [3.8, 4) is 11.4 Å². The van der Waals surface area contributed by atoms with Crippen LogP contribution in [0.1, 0.15) is 19.0 Å². The van der Waals surface area contributed by atoms with Crippen molar-refractivity contribution >= 4 is 40.9 Å². The van der Waals surface area contributed by atoms with Crippen molar-refractivity contribution in [1.29, 1.82) is 0 Å². The number of amides is 2. The lowest BCUT2D eigenvalue weighted by atomic mass is 10.2. The van der Waals surface area contributed by atoms with Crippen molar-refractivity contribution in [2.45, 2.75) is 19.9 Å². The van der Waals surface area contributed by atoms with E-state index in [4.69, 9.17) is 11.5 Å². The minimum atomic E-state index is -0.206. The van der Waals surface area contributed by atoms with Crippen molar-refractivity contribution < 1.29 is 4.79 Å². The number of carbonyl (C=O) groups excluding carboxylic acids is 1. The number of halogens is 1. The van der Waals surface area contributed by atoms with Crippen LogP contribution < -0.4 is 22.1 Å². The van der Waals surface area contributed by atoms with Gasteiger partial charge in [0.15, 0.2) is 5.96 Å². The van der Waals surface area contributed by atoms with E-state index < -0.39 is 0 Å². The number of nitrogens with two attached hydrogens (primary N) is 2. The Hall–Kier alpha value is -2.39. The molecule has 24 heavy (non-hydrogen) atoms. The first kappa shape index (κ1) is 19.7. The fourth-order valence-electron chi connectivity index (χ4n) is 1.74. The normalized spacial score (nSPS) is 9.71. The summed E-state index contributed by atoms with van der Waals surface area (Å²) >= 11 is 1.33. The summed E-state index contributed by atoms with van der Waals surface area (Å²) in [5, 5.41) is 7.81. The summed E-state index contributed by atoms with van der Waals surface area (Å²) in [7, 11) is 0. The number of hydrogen-bond acceptors (Lipinski definition) is 5. The highest BCUT2D eigenvalue weighted by molar-refractivity contribution is 7.13. The van der Waals surface area contributed by atoms with Gasteiger partial charge in [0.1, 0.15) is 5.69 Å². The molecule has 0 fully saturated rings. The smallest absolute Gasteiger partial charge is 0.315 e. The van der Waals surface area contributed by atoms with Gasteiger partial charge in [0, 0.05) is 11.9 Å². The van der Waals surface area contributed by atoms with Crippen LogP contribution in [-0.4, -0.2) is 28.5 Å². The van der Waals surface area contributed by atoms with Crippen LogP contribution in [0.2, 0.25) is 0 Å². The first-order chi connectivity index (χ1) is 11.1. The number of thiazole rings is 1. The predicted molar refractivity (Wildman–Crippen MR) is 98.6 cm³/mol. The molecule has 0 bridgehead atoms. The molecule has 0 aliphatic heterocycles. The Morgan fingerprint density at radius 2 is 2.04 bits per heavy atom. The van der Waals surface area contributed by atoms with E-state index in [1.54, 1.807) is 0 Å². The van der Waals surface area contributed by atoms with Gasteiger partial charge in [-0.25, -0.2) is 14.8 Å². The maximum absolute atomic E-state index is 11.5. The molecule has 0 atom stereocenters. The lowest BCUT2D eigenvalue weighted by Crippen LogP contribution is -2.35.